The van der Waals surface area contributed by atoms with E-state index in [2.05, 4.69) is 25.6 Å². The van der Waals surface area contributed by atoms with Gasteiger partial charge < -0.3 is 4.74 Å². The van der Waals surface area contributed by atoms with E-state index in [4.69, 9.17) is 4.74 Å². The Kier molecular flexibility index (Phi) is 4.80. The monoisotopic (exact) mass is 344 g/mol. The number of ether oxygens (including phenoxy) is 1. The van der Waals surface area contributed by atoms with E-state index in [1.807, 2.05) is 37.3 Å². The summed E-state index contributed by atoms with van der Waals surface area (Å²) < 4.78 is 7.07. The van der Waals surface area contributed by atoms with Crippen molar-refractivity contribution < 1.29 is 9.53 Å². The van der Waals surface area contributed by atoms with Crippen molar-refractivity contribution in [3.05, 3.63) is 41.7 Å². The van der Waals surface area contributed by atoms with Crippen LogP contribution in [-0.2, 0) is 11.2 Å². The molecule has 9 heteroatoms. The van der Waals surface area contributed by atoms with E-state index in [1.165, 1.54) is 17.7 Å². The summed E-state index contributed by atoms with van der Waals surface area (Å²) in [5.74, 6) is -0.329. The van der Waals surface area contributed by atoms with Crippen molar-refractivity contribution in [3.8, 4) is 11.7 Å². The molecular weight excluding hydrogens is 328 g/mol. The average molecular weight is 344 g/mol. The lowest BCUT2D eigenvalue weighted by Gasteiger charge is -2.10. The molecule has 1 N–H and O–H groups in total. The number of anilines is 1. The maximum Gasteiger partial charge on any atom is 0.336 e. The Labute approximate surface area is 142 Å². The third-order valence-electron chi connectivity index (χ3n) is 3.14. The highest BCUT2D eigenvalue weighted by Gasteiger charge is 2.18. The maximum absolute atomic E-state index is 12.1. The smallest absolute Gasteiger partial charge is 0.336 e. The predicted octanol–water partition coefficient (Wildman–Crippen LogP) is 2.09. The van der Waals surface area contributed by atoms with Crippen LogP contribution in [0.3, 0.4) is 0 Å². The standard InChI is InChI=1S/C15H16N6O2S/c1-3-12-18-19-15(24-12)17-13(22)10(2)23-14-16-9-21(20-14)11-7-5-4-6-8-11/h4-10H,3H2,1-2H3,(H,17,19,22). The Bertz CT molecular complexity index is 816. The molecule has 1 amide bonds. The van der Waals surface area contributed by atoms with Gasteiger partial charge in [0.1, 0.15) is 11.3 Å². The van der Waals surface area contributed by atoms with Gasteiger partial charge >= 0.3 is 6.01 Å². The second-order valence-corrected chi connectivity index (χ2v) is 5.97. The van der Waals surface area contributed by atoms with E-state index in [-0.39, 0.29) is 11.9 Å². The minimum atomic E-state index is -0.759. The normalized spacial score (nSPS) is 11.9. The lowest BCUT2D eigenvalue weighted by Crippen LogP contribution is -2.30. The summed E-state index contributed by atoms with van der Waals surface area (Å²) in [6.07, 6.45) is 1.55. The average Bonchev–Trinajstić information content (AvgIpc) is 3.25. The third-order valence-corrected chi connectivity index (χ3v) is 4.13. The molecule has 0 saturated heterocycles. The molecule has 3 rings (SSSR count). The van der Waals surface area contributed by atoms with Gasteiger partial charge in [-0.25, -0.2) is 4.68 Å². The highest BCUT2D eigenvalue weighted by Crippen LogP contribution is 2.16. The van der Waals surface area contributed by atoms with E-state index < -0.39 is 6.10 Å². The van der Waals surface area contributed by atoms with Crippen molar-refractivity contribution in [1.29, 1.82) is 0 Å². The predicted molar refractivity (Wildman–Crippen MR) is 89.4 cm³/mol. The number of hydrogen-bond acceptors (Lipinski definition) is 7. The van der Waals surface area contributed by atoms with Crippen LogP contribution in [0, 0.1) is 0 Å². The molecule has 0 saturated carbocycles. The number of para-hydroxylation sites is 1. The molecule has 0 aliphatic heterocycles. The zero-order valence-corrected chi connectivity index (χ0v) is 14.0. The van der Waals surface area contributed by atoms with Crippen molar-refractivity contribution >= 4 is 22.4 Å². The quantitative estimate of drug-likeness (QED) is 0.736. The van der Waals surface area contributed by atoms with Crippen LogP contribution in [0.4, 0.5) is 5.13 Å². The van der Waals surface area contributed by atoms with E-state index in [0.29, 0.717) is 5.13 Å². The van der Waals surface area contributed by atoms with Crippen LogP contribution in [0.5, 0.6) is 6.01 Å². The van der Waals surface area contributed by atoms with Crippen LogP contribution in [-0.4, -0.2) is 37.0 Å². The number of nitrogens with zero attached hydrogens (tertiary/aromatic N) is 5. The van der Waals surface area contributed by atoms with Crippen molar-refractivity contribution in [2.45, 2.75) is 26.4 Å². The fraction of sp³-hybridized carbons (Fsp3) is 0.267. The molecule has 0 bridgehead atoms. The van der Waals surface area contributed by atoms with Gasteiger partial charge in [-0.3, -0.25) is 10.1 Å². The molecular formula is C15H16N6O2S. The molecule has 8 nitrogen and oxygen atoms in total. The molecule has 3 aromatic rings. The first-order valence-corrected chi connectivity index (χ1v) is 8.24. The van der Waals surface area contributed by atoms with Crippen molar-refractivity contribution in [3.63, 3.8) is 0 Å². The lowest BCUT2D eigenvalue weighted by molar-refractivity contribution is -0.122. The highest BCUT2D eigenvalue weighted by atomic mass is 32.1. The van der Waals surface area contributed by atoms with Crippen LogP contribution in [0.1, 0.15) is 18.9 Å². The van der Waals surface area contributed by atoms with Gasteiger partial charge in [0.2, 0.25) is 5.13 Å². The van der Waals surface area contributed by atoms with Crippen LogP contribution >= 0.6 is 11.3 Å². The third kappa shape index (κ3) is 3.74. The number of benzene rings is 1. The molecule has 0 spiro atoms. The Morgan fingerprint density at radius 3 is 2.83 bits per heavy atom. The zero-order chi connectivity index (χ0) is 16.9. The van der Waals surface area contributed by atoms with Gasteiger partial charge in [0, 0.05) is 0 Å². The van der Waals surface area contributed by atoms with Gasteiger partial charge in [-0.1, -0.05) is 36.5 Å². The van der Waals surface area contributed by atoms with E-state index in [1.54, 1.807) is 11.6 Å². The molecule has 0 aliphatic carbocycles. The Balaban J connectivity index is 1.61. The minimum Gasteiger partial charge on any atom is -0.449 e. The minimum absolute atomic E-state index is 0.132. The van der Waals surface area contributed by atoms with Crippen molar-refractivity contribution in [1.82, 2.24) is 25.0 Å². The number of carbonyl (C=O) groups is 1. The molecule has 2 heterocycles. The van der Waals surface area contributed by atoms with Gasteiger partial charge in [0.05, 0.1) is 5.69 Å². The fourth-order valence-corrected chi connectivity index (χ4v) is 2.56. The van der Waals surface area contributed by atoms with Crippen molar-refractivity contribution in [2.24, 2.45) is 0 Å². The molecule has 1 aromatic carbocycles. The number of aryl methyl sites for hydroxylation is 1. The number of aromatic nitrogens is 5. The second-order valence-electron chi connectivity index (χ2n) is 4.91. The number of rotatable bonds is 6. The van der Waals surface area contributed by atoms with Crippen LogP contribution < -0.4 is 10.1 Å². The number of hydrogen-bond donors (Lipinski definition) is 1. The largest absolute Gasteiger partial charge is 0.449 e. The van der Waals surface area contributed by atoms with E-state index in [9.17, 15) is 4.79 Å². The Morgan fingerprint density at radius 2 is 2.12 bits per heavy atom. The zero-order valence-electron chi connectivity index (χ0n) is 13.2. The Morgan fingerprint density at radius 1 is 1.33 bits per heavy atom. The molecule has 1 unspecified atom stereocenters. The van der Waals surface area contributed by atoms with Gasteiger partial charge in [0.25, 0.3) is 5.91 Å². The summed E-state index contributed by atoms with van der Waals surface area (Å²) >= 11 is 1.34. The first-order chi connectivity index (χ1) is 11.7. The number of amides is 1. The lowest BCUT2D eigenvalue weighted by atomic mass is 10.3. The molecule has 24 heavy (non-hydrogen) atoms. The molecule has 124 valence electrons. The van der Waals surface area contributed by atoms with Gasteiger partial charge in [0.15, 0.2) is 6.10 Å². The first kappa shape index (κ1) is 16.1. The number of nitrogens with one attached hydrogen (secondary N) is 1. The summed E-state index contributed by atoms with van der Waals surface area (Å²) in [5.41, 5.74) is 0.859. The maximum atomic E-state index is 12.1. The van der Waals surface area contributed by atoms with Crippen LogP contribution in [0.2, 0.25) is 0 Å². The first-order valence-electron chi connectivity index (χ1n) is 7.42. The van der Waals surface area contributed by atoms with Crippen molar-refractivity contribution in [2.75, 3.05) is 5.32 Å². The summed E-state index contributed by atoms with van der Waals surface area (Å²) in [6, 6.07) is 9.65. The number of carbonyl (C=O) groups excluding carboxylic acids is 1. The van der Waals surface area contributed by atoms with E-state index in [0.717, 1.165) is 17.1 Å². The van der Waals surface area contributed by atoms with Gasteiger partial charge in [-0.15, -0.1) is 15.3 Å². The van der Waals surface area contributed by atoms with Gasteiger partial charge in [-0.2, -0.15) is 4.98 Å². The van der Waals surface area contributed by atoms with Crippen LogP contribution in [0.25, 0.3) is 5.69 Å². The summed E-state index contributed by atoms with van der Waals surface area (Å²) in [7, 11) is 0. The summed E-state index contributed by atoms with van der Waals surface area (Å²) in [6.45, 7) is 3.60. The van der Waals surface area contributed by atoms with Gasteiger partial charge in [-0.05, 0) is 25.5 Å². The summed E-state index contributed by atoms with van der Waals surface area (Å²) in [5, 5.41) is 16.1. The molecule has 0 aliphatic rings. The highest BCUT2D eigenvalue weighted by molar-refractivity contribution is 7.15. The molecule has 0 fully saturated rings. The Hall–Kier alpha value is -2.81. The SMILES string of the molecule is CCc1nnc(NC(=O)C(C)Oc2ncn(-c3ccccc3)n2)s1. The van der Waals surface area contributed by atoms with E-state index >= 15 is 0 Å². The molecule has 1 atom stereocenters. The topological polar surface area (TPSA) is 94.8 Å². The molecule has 0 radical (unpaired) electrons. The summed E-state index contributed by atoms with van der Waals surface area (Å²) in [4.78, 5) is 16.2. The fourth-order valence-electron chi connectivity index (χ4n) is 1.87. The second kappa shape index (κ2) is 7.18. The van der Waals surface area contributed by atoms with Crippen LogP contribution in [0.15, 0.2) is 36.7 Å². The molecule has 2 aromatic heterocycles.